The molecule has 0 aromatic heterocycles. The van der Waals surface area contributed by atoms with E-state index in [1.807, 2.05) is 27.7 Å². The minimum Gasteiger partial charge on any atom is -0.379 e. The lowest BCUT2D eigenvalue weighted by molar-refractivity contribution is -0.126. The number of hydrogen-bond donors (Lipinski definition) is 1. The van der Waals surface area contributed by atoms with Gasteiger partial charge in [-0.25, -0.2) is 0 Å². The molecule has 6 heteroatoms. The predicted octanol–water partition coefficient (Wildman–Crippen LogP) is 3.11. The van der Waals surface area contributed by atoms with Gasteiger partial charge in [0.05, 0.1) is 39.1 Å². The summed E-state index contributed by atoms with van der Waals surface area (Å²) in [6, 6.07) is 0. The van der Waals surface area contributed by atoms with Crippen molar-refractivity contribution in [2.24, 2.45) is 17.6 Å². The molecule has 0 aromatic carbocycles. The summed E-state index contributed by atoms with van der Waals surface area (Å²) in [7, 11) is 0. The highest BCUT2D eigenvalue weighted by Crippen LogP contribution is 2.26. The van der Waals surface area contributed by atoms with Crippen LogP contribution >= 0.6 is 0 Å². The molecule has 1 aliphatic rings. The van der Waals surface area contributed by atoms with Gasteiger partial charge in [-0.2, -0.15) is 0 Å². The Morgan fingerprint density at radius 1 is 0.885 bits per heavy atom. The average molecular weight is 374 g/mol. The molecule has 0 spiro atoms. The lowest BCUT2D eigenvalue weighted by Crippen LogP contribution is -2.21. The van der Waals surface area contributed by atoms with Crippen molar-refractivity contribution in [1.29, 1.82) is 0 Å². The summed E-state index contributed by atoms with van der Waals surface area (Å²) in [5, 5.41) is 0. The molecular weight excluding hydrogens is 334 g/mol. The first kappa shape index (κ1) is 25.0. The van der Waals surface area contributed by atoms with Gasteiger partial charge in [0.1, 0.15) is 5.78 Å². The van der Waals surface area contributed by atoms with Gasteiger partial charge in [-0.3, -0.25) is 9.59 Å². The smallest absolute Gasteiger partial charge is 0.219 e. The molecule has 0 unspecified atom stereocenters. The van der Waals surface area contributed by atoms with Crippen LogP contribution in [0.1, 0.15) is 66.2 Å². The van der Waals surface area contributed by atoms with Gasteiger partial charge >= 0.3 is 0 Å². The molecule has 2 N–H and O–H groups in total. The van der Waals surface area contributed by atoms with Crippen molar-refractivity contribution in [1.82, 2.24) is 0 Å². The van der Waals surface area contributed by atoms with E-state index in [-0.39, 0.29) is 24.3 Å². The average Bonchev–Trinajstić information content (AvgIpc) is 2.60. The molecule has 1 aliphatic carbocycles. The van der Waals surface area contributed by atoms with E-state index in [9.17, 15) is 9.59 Å². The normalized spacial score (nSPS) is 15.0. The molecule has 154 valence electrons. The van der Waals surface area contributed by atoms with Crippen molar-refractivity contribution in [3.05, 3.63) is 0 Å². The Balaban J connectivity index is 0.000000502. The molecule has 0 aliphatic heterocycles. The van der Waals surface area contributed by atoms with Crippen molar-refractivity contribution in [3.8, 4) is 0 Å². The Bertz CT molecular complexity index is 365. The molecule has 6 nitrogen and oxygen atoms in total. The summed E-state index contributed by atoms with van der Waals surface area (Å²) < 4.78 is 15.6. The first-order valence-corrected chi connectivity index (χ1v) is 9.93. The van der Waals surface area contributed by atoms with Crippen LogP contribution in [0.25, 0.3) is 0 Å². The number of rotatable bonds is 12. The number of carbonyl (C=O) groups excluding carboxylic acids is 2. The molecule has 1 amide bonds. The van der Waals surface area contributed by atoms with E-state index in [4.69, 9.17) is 19.9 Å². The minimum atomic E-state index is -0.346. The van der Waals surface area contributed by atoms with Crippen molar-refractivity contribution in [3.63, 3.8) is 0 Å². The molecule has 0 bridgehead atoms. The fraction of sp³-hybridized carbons (Fsp3) is 0.900. The standard InChI is InChI=1S/C10H21NO4.C10H18O/c1-9(2)15-8-7-14-6-5-13-4-3-10(11)12;1-8(2)10(11)9-6-4-3-5-7-9/h9H,3-8H2,1-2H3,(H2,11,12);8-9H,3-7H2,1-2H3. The summed E-state index contributed by atoms with van der Waals surface area (Å²) >= 11 is 0. The lowest BCUT2D eigenvalue weighted by atomic mass is 9.83. The van der Waals surface area contributed by atoms with Crippen molar-refractivity contribution in [2.75, 3.05) is 33.0 Å². The monoisotopic (exact) mass is 373 g/mol. The van der Waals surface area contributed by atoms with Gasteiger partial charge in [-0.1, -0.05) is 33.1 Å². The van der Waals surface area contributed by atoms with E-state index in [1.165, 1.54) is 19.3 Å². The van der Waals surface area contributed by atoms with Gasteiger partial charge in [0.15, 0.2) is 0 Å². The van der Waals surface area contributed by atoms with E-state index < -0.39 is 0 Å². The van der Waals surface area contributed by atoms with Gasteiger partial charge < -0.3 is 19.9 Å². The second-order valence-electron chi connectivity index (χ2n) is 7.25. The molecule has 0 saturated heterocycles. The number of Topliss-reactive ketones (excluding diaryl/α,β-unsaturated/α-hetero) is 1. The molecule has 0 atom stereocenters. The third kappa shape index (κ3) is 15.3. The zero-order valence-electron chi connectivity index (χ0n) is 17.1. The topological polar surface area (TPSA) is 87.8 Å². The van der Waals surface area contributed by atoms with Crippen LogP contribution in [-0.4, -0.2) is 50.8 Å². The molecule has 1 saturated carbocycles. The Labute approximate surface area is 159 Å². The molecule has 0 radical (unpaired) electrons. The Morgan fingerprint density at radius 2 is 1.42 bits per heavy atom. The highest BCUT2D eigenvalue weighted by Gasteiger charge is 2.22. The summed E-state index contributed by atoms with van der Waals surface area (Å²) in [5.74, 6) is 0.799. The quantitative estimate of drug-likeness (QED) is 0.531. The summed E-state index contributed by atoms with van der Waals surface area (Å²) in [5.41, 5.74) is 4.93. The predicted molar refractivity (Wildman–Crippen MR) is 103 cm³/mol. The number of carbonyl (C=O) groups is 2. The van der Waals surface area contributed by atoms with Crippen LogP contribution in [0.4, 0.5) is 0 Å². The summed E-state index contributed by atoms with van der Waals surface area (Å²) in [4.78, 5) is 21.8. The third-order valence-corrected chi connectivity index (χ3v) is 4.12. The van der Waals surface area contributed by atoms with Crippen LogP contribution in [0.15, 0.2) is 0 Å². The van der Waals surface area contributed by atoms with E-state index in [0.717, 1.165) is 12.8 Å². The van der Waals surface area contributed by atoms with Crippen LogP contribution < -0.4 is 5.73 Å². The fourth-order valence-corrected chi connectivity index (χ4v) is 2.70. The molecule has 26 heavy (non-hydrogen) atoms. The number of hydrogen-bond acceptors (Lipinski definition) is 5. The van der Waals surface area contributed by atoms with Crippen LogP contribution in [0, 0.1) is 11.8 Å². The zero-order valence-corrected chi connectivity index (χ0v) is 17.1. The molecule has 1 rings (SSSR count). The molecule has 0 heterocycles. The van der Waals surface area contributed by atoms with Crippen molar-refractivity contribution < 1.29 is 23.8 Å². The van der Waals surface area contributed by atoms with Gasteiger partial charge in [-0.15, -0.1) is 0 Å². The first-order valence-electron chi connectivity index (χ1n) is 9.93. The number of amides is 1. The van der Waals surface area contributed by atoms with Gasteiger partial charge in [0, 0.05) is 18.3 Å². The number of primary amides is 1. The number of ether oxygens (including phenoxy) is 3. The van der Waals surface area contributed by atoms with Crippen molar-refractivity contribution in [2.45, 2.75) is 72.3 Å². The van der Waals surface area contributed by atoms with Gasteiger partial charge in [0.25, 0.3) is 0 Å². The summed E-state index contributed by atoms with van der Waals surface area (Å²) in [6.07, 6.45) is 6.67. The maximum Gasteiger partial charge on any atom is 0.219 e. The molecular formula is C20H39NO5. The van der Waals surface area contributed by atoms with Crippen LogP contribution in [-0.2, 0) is 23.8 Å². The lowest BCUT2D eigenvalue weighted by Gasteiger charge is -2.21. The highest BCUT2D eigenvalue weighted by atomic mass is 16.5. The highest BCUT2D eigenvalue weighted by molar-refractivity contribution is 5.82. The number of nitrogens with two attached hydrogens (primary N) is 1. The second-order valence-corrected chi connectivity index (χ2v) is 7.25. The largest absolute Gasteiger partial charge is 0.379 e. The van der Waals surface area contributed by atoms with Crippen molar-refractivity contribution >= 4 is 11.7 Å². The van der Waals surface area contributed by atoms with Crippen LogP contribution in [0.5, 0.6) is 0 Å². The SMILES string of the molecule is CC(C)C(=O)C1CCCCC1.CC(C)OCCOCCOCCC(N)=O. The minimum absolute atomic E-state index is 0.236. The van der Waals surface area contributed by atoms with E-state index >= 15 is 0 Å². The second kappa shape index (κ2) is 16.2. The molecule has 0 aromatic rings. The first-order chi connectivity index (χ1) is 12.3. The Kier molecular flexibility index (Phi) is 15.6. The van der Waals surface area contributed by atoms with Gasteiger partial charge in [-0.05, 0) is 26.7 Å². The van der Waals surface area contributed by atoms with E-state index in [0.29, 0.717) is 44.7 Å². The molecule has 1 fully saturated rings. The Morgan fingerprint density at radius 3 is 1.92 bits per heavy atom. The maximum absolute atomic E-state index is 11.5. The maximum atomic E-state index is 11.5. The Hall–Kier alpha value is -0.980. The van der Waals surface area contributed by atoms with E-state index in [1.54, 1.807) is 0 Å². The van der Waals surface area contributed by atoms with Crippen LogP contribution in [0.3, 0.4) is 0 Å². The zero-order chi connectivity index (χ0) is 19.8. The van der Waals surface area contributed by atoms with Crippen LogP contribution in [0.2, 0.25) is 0 Å². The summed E-state index contributed by atoms with van der Waals surface area (Å²) in [6.45, 7) is 10.5. The van der Waals surface area contributed by atoms with E-state index in [2.05, 4.69) is 0 Å². The fourth-order valence-electron chi connectivity index (χ4n) is 2.70. The third-order valence-electron chi connectivity index (χ3n) is 4.12. The number of ketones is 1. The van der Waals surface area contributed by atoms with Gasteiger partial charge in [0.2, 0.25) is 5.91 Å².